The number of carbonyl (C=O) groups excluding carboxylic acids is 1. The smallest absolute Gasteiger partial charge is 0.243 e. The van der Waals surface area contributed by atoms with Crippen molar-refractivity contribution in [1.82, 2.24) is 0 Å². The summed E-state index contributed by atoms with van der Waals surface area (Å²) in [5.74, 6) is 0.674. The molecule has 25 heavy (non-hydrogen) atoms. The zero-order valence-corrected chi connectivity index (χ0v) is 15.2. The number of hydrogen-bond acceptors (Lipinski definition) is 3. The lowest BCUT2D eigenvalue weighted by molar-refractivity contribution is -0.114. The second-order valence-electron chi connectivity index (χ2n) is 6.13. The van der Waals surface area contributed by atoms with E-state index in [0.29, 0.717) is 6.61 Å². The van der Waals surface area contributed by atoms with Crippen molar-refractivity contribution in [2.24, 2.45) is 0 Å². The molecule has 0 fully saturated rings. The van der Waals surface area contributed by atoms with Crippen LogP contribution in [0.2, 0.25) is 0 Å². The molecule has 0 saturated heterocycles. The van der Waals surface area contributed by atoms with Gasteiger partial charge in [0, 0.05) is 11.4 Å². The summed E-state index contributed by atoms with van der Waals surface area (Å²) >= 11 is 0. The van der Waals surface area contributed by atoms with Gasteiger partial charge >= 0.3 is 0 Å². The van der Waals surface area contributed by atoms with E-state index in [2.05, 4.69) is 30.2 Å². The fraction of sp³-hybridized carbons (Fsp3) is 0.286. The summed E-state index contributed by atoms with van der Waals surface area (Å²) in [6.07, 6.45) is 0.928. The van der Waals surface area contributed by atoms with Crippen LogP contribution < -0.4 is 15.4 Å². The van der Waals surface area contributed by atoms with Crippen molar-refractivity contribution in [1.29, 1.82) is 0 Å². The molecule has 0 heterocycles. The van der Waals surface area contributed by atoms with Crippen LogP contribution in [0, 0.1) is 6.92 Å². The Kier molecular flexibility index (Phi) is 6.63. The Morgan fingerprint density at radius 3 is 2.52 bits per heavy atom. The van der Waals surface area contributed by atoms with Gasteiger partial charge in [-0.05, 0) is 61.2 Å². The van der Waals surface area contributed by atoms with E-state index < -0.39 is 0 Å². The topological polar surface area (TPSA) is 50.4 Å². The van der Waals surface area contributed by atoms with Crippen LogP contribution in [0.3, 0.4) is 0 Å². The Labute approximate surface area is 149 Å². The van der Waals surface area contributed by atoms with Gasteiger partial charge in [0.2, 0.25) is 5.91 Å². The van der Waals surface area contributed by atoms with Crippen molar-refractivity contribution in [2.75, 3.05) is 23.8 Å². The highest BCUT2D eigenvalue weighted by Gasteiger charge is 2.07. The van der Waals surface area contributed by atoms with Gasteiger partial charge in [0.25, 0.3) is 0 Å². The highest BCUT2D eigenvalue weighted by atomic mass is 16.5. The van der Waals surface area contributed by atoms with Gasteiger partial charge in [-0.2, -0.15) is 0 Å². The number of anilines is 2. The summed E-state index contributed by atoms with van der Waals surface area (Å²) in [6.45, 7) is 10.6. The van der Waals surface area contributed by atoms with E-state index in [9.17, 15) is 4.79 Å². The van der Waals surface area contributed by atoms with E-state index in [1.807, 2.05) is 50.2 Å². The average molecular weight is 338 g/mol. The number of nitrogens with one attached hydrogen (secondary N) is 2. The molecule has 1 amide bonds. The molecule has 0 saturated carbocycles. The second-order valence-corrected chi connectivity index (χ2v) is 6.13. The molecular weight excluding hydrogens is 312 g/mol. The van der Waals surface area contributed by atoms with Crippen molar-refractivity contribution in [3.05, 3.63) is 65.7 Å². The van der Waals surface area contributed by atoms with E-state index in [0.717, 1.165) is 34.7 Å². The first-order valence-electron chi connectivity index (χ1n) is 8.49. The molecule has 0 atom stereocenters. The predicted octanol–water partition coefficient (Wildman–Crippen LogP) is 4.56. The maximum absolute atomic E-state index is 12.2. The zero-order chi connectivity index (χ0) is 18.2. The molecule has 0 bridgehead atoms. The molecule has 4 nitrogen and oxygen atoms in total. The standard InChI is InChI=1S/C21H26N2O2/c1-5-17-8-6-7-16(4)21(17)22-13-20(24)23-18-9-11-19(12-10-18)25-14-15(2)3/h6-12,22H,2,5,13-14H2,1,3-4H3,(H,23,24). The molecule has 0 radical (unpaired) electrons. The Balaban J connectivity index is 1.89. The maximum atomic E-state index is 12.2. The average Bonchev–Trinajstić information content (AvgIpc) is 2.59. The summed E-state index contributed by atoms with van der Waals surface area (Å²) in [5, 5.41) is 6.14. The lowest BCUT2D eigenvalue weighted by Gasteiger charge is -2.14. The minimum atomic E-state index is -0.0825. The monoisotopic (exact) mass is 338 g/mol. The number of aryl methyl sites for hydroxylation is 2. The summed E-state index contributed by atoms with van der Waals surface area (Å²) in [7, 11) is 0. The van der Waals surface area contributed by atoms with Crippen LogP contribution in [0.4, 0.5) is 11.4 Å². The molecule has 0 spiro atoms. The van der Waals surface area contributed by atoms with Crippen LogP contribution in [0.1, 0.15) is 25.0 Å². The van der Waals surface area contributed by atoms with Crippen molar-refractivity contribution < 1.29 is 9.53 Å². The Hall–Kier alpha value is -2.75. The quantitative estimate of drug-likeness (QED) is 0.694. The van der Waals surface area contributed by atoms with Gasteiger partial charge in [0.1, 0.15) is 12.4 Å². The van der Waals surface area contributed by atoms with Gasteiger partial charge in [-0.1, -0.05) is 31.7 Å². The minimum Gasteiger partial charge on any atom is -0.489 e. The summed E-state index contributed by atoms with van der Waals surface area (Å²) in [4.78, 5) is 12.2. The van der Waals surface area contributed by atoms with Crippen LogP contribution in [-0.2, 0) is 11.2 Å². The molecule has 0 unspecified atom stereocenters. The Morgan fingerprint density at radius 2 is 1.88 bits per heavy atom. The van der Waals surface area contributed by atoms with Crippen molar-refractivity contribution in [2.45, 2.75) is 27.2 Å². The lowest BCUT2D eigenvalue weighted by Crippen LogP contribution is -2.22. The first-order chi connectivity index (χ1) is 12.0. The van der Waals surface area contributed by atoms with Crippen molar-refractivity contribution >= 4 is 17.3 Å². The molecule has 0 aliphatic rings. The van der Waals surface area contributed by atoms with Gasteiger partial charge in [0.15, 0.2) is 0 Å². The largest absolute Gasteiger partial charge is 0.489 e. The molecule has 4 heteroatoms. The Bertz CT molecular complexity index is 736. The first-order valence-corrected chi connectivity index (χ1v) is 8.49. The number of rotatable bonds is 8. The molecule has 0 aromatic heterocycles. The fourth-order valence-corrected chi connectivity index (χ4v) is 2.49. The lowest BCUT2D eigenvalue weighted by atomic mass is 10.1. The van der Waals surface area contributed by atoms with E-state index >= 15 is 0 Å². The predicted molar refractivity (Wildman–Crippen MR) is 104 cm³/mol. The van der Waals surface area contributed by atoms with Crippen molar-refractivity contribution in [3.8, 4) is 5.75 Å². The maximum Gasteiger partial charge on any atom is 0.243 e. The summed E-state index contributed by atoms with van der Waals surface area (Å²) < 4.78 is 5.55. The minimum absolute atomic E-state index is 0.0825. The van der Waals surface area contributed by atoms with E-state index in [1.165, 1.54) is 5.56 Å². The van der Waals surface area contributed by atoms with Gasteiger partial charge in [0.05, 0.1) is 6.54 Å². The molecule has 0 aliphatic heterocycles. The molecule has 2 aromatic carbocycles. The van der Waals surface area contributed by atoms with Crippen molar-refractivity contribution in [3.63, 3.8) is 0 Å². The molecule has 0 aliphatic carbocycles. The van der Waals surface area contributed by atoms with Gasteiger partial charge in [-0.3, -0.25) is 4.79 Å². The fourth-order valence-electron chi connectivity index (χ4n) is 2.49. The SMILES string of the molecule is C=C(C)COc1ccc(NC(=O)CNc2c(C)cccc2CC)cc1. The number of amides is 1. The third-order valence-corrected chi connectivity index (χ3v) is 3.79. The van der Waals surface area contributed by atoms with Gasteiger partial charge in [-0.15, -0.1) is 0 Å². The summed E-state index contributed by atoms with van der Waals surface area (Å²) in [6, 6.07) is 13.5. The van der Waals surface area contributed by atoms with E-state index in [-0.39, 0.29) is 12.5 Å². The number of hydrogen-bond donors (Lipinski definition) is 2. The van der Waals surface area contributed by atoms with E-state index in [4.69, 9.17) is 4.74 Å². The van der Waals surface area contributed by atoms with Crippen LogP contribution in [-0.4, -0.2) is 19.1 Å². The van der Waals surface area contributed by atoms with Gasteiger partial charge in [-0.25, -0.2) is 0 Å². The van der Waals surface area contributed by atoms with Crippen LogP contribution in [0.5, 0.6) is 5.75 Å². The third-order valence-electron chi connectivity index (χ3n) is 3.79. The normalized spacial score (nSPS) is 10.2. The van der Waals surface area contributed by atoms with Crippen LogP contribution >= 0.6 is 0 Å². The second kappa shape index (κ2) is 8.92. The zero-order valence-electron chi connectivity index (χ0n) is 15.2. The number of para-hydroxylation sites is 1. The van der Waals surface area contributed by atoms with E-state index in [1.54, 1.807) is 0 Å². The van der Waals surface area contributed by atoms with Gasteiger partial charge < -0.3 is 15.4 Å². The number of carbonyl (C=O) groups is 1. The third kappa shape index (κ3) is 5.68. The molecular formula is C21H26N2O2. The highest BCUT2D eigenvalue weighted by Crippen LogP contribution is 2.21. The number of ether oxygens (including phenoxy) is 1. The Morgan fingerprint density at radius 1 is 1.16 bits per heavy atom. The molecule has 2 rings (SSSR count). The molecule has 2 N–H and O–H groups in total. The molecule has 132 valence electrons. The van der Waals surface area contributed by atoms with Crippen LogP contribution in [0.25, 0.3) is 0 Å². The number of benzene rings is 2. The van der Waals surface area contributed by atoms with Crippen LogP contribution in [0.15, 0.2) is 54.6 Å². The molecule has 2 aromatic rings. The summed E-state index contributed by atoms with van der Waals surface area (Å²) in [5.41, 5.74) is 5.11. The highest BCUT2D eigenvalue weighted by molar-refractivity contribution is 5.94. The first kappa shape index (κ1) is 18.6.